The minimum Gasteiger partial charge on any atom is -0.504 e. The van der Waals surface area contributed by atoms with Crippen LogP contribution in [-0.4, -0.2) is 18.6 Å². The van der Waals surface area contributed by atoms with Crippen molar-refractivity contribution < 1.29 is 18.6 Å². The van der Waals surface area contributed by atoms with Gasteiger partial charge in [0.25, 0.3) is 0 Å². The predicted octanol–water partition coefficient (Wildman–Crippen LogP) is 2.89. The summed E-state index contributed by atoms with van der Waals surface area (Å²) in [5.41, 5.74) is 0.929. The first-order chi connectivity index (χ1) is 8.82. The summed E-state index contributed by atoms with van der Waals surface area (Å²) in [6, 6.07) is 8.20. The Morgan fingerprint density at radius 2 is 1.53 bits per heavy atom. The second kappa shape index (κ2) is 4.75. The van der Waals surface area contributed by atoms with E-state index in [0.29, 0.717) is 0 Å². The molecule has 100 valence electrons. The van der Waals surface area contributed by atoms with Gasteiger partial charge in [-0.1, -0.05) is 29.3 Å². The Hall–Kier alpha value is -1.72. The molecule has 0 atom stereocenters. The van der Waals surface area contributed by atoms with Crippen LogP contribution >= 0.6 is 11.6 Å². The lowest BCUT2D eigenvalue weighted by atomic mass is 10.2. The molecule has 0 bridgehead atoms. The van der Waals surface area contributed by atoms with E-state index < -0.39 is 21.3 Å². The molecular formula is C13H11ClO4S. The van der Waals surface area contributed by atoms with Gasteiger partial charge in [-0.05, 0) is 19.1 Å². The summed E-state index contributed by atoms with van der Waals surface area (Å²) < 4.78 is 24.7. The lowest BCUT2D eigenvalue weighted by Gasteiger charge is -2.08. The molecule has 2 N–H and O–H groups in total. The molecule has 0 aliphatic heterocycles. The Bertz CT molecular complexity index is 721. The Labute approximate surface area is 115 Å². The molecule has 4 nitrogen and oxygen atoms in total. The number of aromatic hydroxyl groups is 2. The van der Waals surface area contributed by atoms with Crippen molar-refractivity contribution in [1.29, 1.82) is 0 Å². The van der Waals surface area contributed by atoms with Gasteiger partial charge in [0, 0.05) is 12.1 Å². The molecule has 2 rings (SSSR count). The number of aryl methyl sites for hydroxylation is 1. The summed E-state index contributed by atoms with van der Waals surface area (Å²) in [6.45, 7) is 1.84. The fourth-order valence-electron chi connectivity index (χ4n) is 1.58. The average Bonchev–Trinajstić information content (AvgIpc) is 2.34. The van der Waals surface area contributed by atoms with Gasteiger partial charge in [-0.3, -0.25) is 0 Å². The molecule has 0 saturated heterocycles. The van der Waals surface area contributed by atoms with E-state index in [4.69, 9.17) is 11.6 Å². The minimum absolute atomic E-state index is 0.0742. The Morgan fingerprint density at radius 3 is 2.11 bits per heavy atom. The Morgan fingerprint density at radius 1 is 1.00 bits per heavy atom. The molecular weight excluding hydrogens is 288 g/mol. The van der Waals surface area contributed by atoms with Crippen LogP contribution < -0.4 is 0 Å². The molecule has 6 heteroatoms. The normalized spacial score (nSPS) is 11.5. The van der Waals surface area contributed by atoms with Crippen LogP contribution in [0.3, 0.4) is 0 Å². The van der Waals surface area contributed by atoms with Gasteiger partial charge in [0.05, 0.1) is 14.8 Å². The number of phenols is 2. The summed E-state index contributed by atoms with van der Waals surface area (Å²) in [5, 5.41) is 18.5. The molecule has 0 fully saturated rings. The van der Waals surface area contributed by atoms with Crippen LogP contribution in [0.25, 0.3) is 0 Å². The van der Waals surface area contributed by atoms with Gasteiger partial charge in [-0.15, -0.1) is 0 Å². The van der Waals surface area contributed by atoms with Crippen molar-refractivity contribution in [2.45, 2.75) is 16.7 Å². The fraction of sp³-hybridized carbons (Fsp3) is 0.0769. The number of halogens is 1. The molecule has 0 radical (unpaired) electrons. The maximum atomic E-state index is 12.4. The zero-order valence-corrected chi connectivity index (χ0v) is 11.5. The minimum atomic E-state index is -3.83. The summed E-state index contributed by atoms with van der Waals surface area (Å²) in [5.74, 6) is -0.997. The molecule has 0 saturated carbocycles. The highest BCUT2D eigenvalue weighted by molar-refractivity contribution is 7.91. The van der Waals surface area contributed by atoms with Crippen LogP contribution in [0.15, 0.2) is 46.2 Å². The maximum absolute atomic E-state index is 12.4. The van der Waals surface area contributed by atoms with E-state index in [-0.39, 0.29) is 14.8 Å². The zero-order chi connectivity index (χ0) is 14.2. The topological polar surface area (TPSA) is 74.6 Å². The van der Waals surface area contributed by atoms with Gasteiger partial charge >= 0.3 is 0 Å². The highest BCUT2D eigenvalue weighted by atomic mass is 35.5. The van der Waals surface area contributed by atoms with E-state index in [1.165, 1.54) is 12.1 Å². The van der Waals surface area contributed by atoms with Gasteiger partial charge in [0.15, 0.2) is 11.5 Å². The van der Waals surface area contributed by atoms with Crippen molar-refractivity contribution in [1.82, 2.24) is 0 Å². The van der Waals surface area contributed by atoms with Crippen LogP contribution in [0.2, 0.25) is 5.02 Å². The van der Waals surface area contributed by atoms with Crippen molar-refractivity contribution in [3.05, 3.63) is 47.0 Å². The summed E-state index contributed by atoms with van der Waals surface area (Å²) in [7, 11) is -3.83. The van der Waals surface area contributed by atoms with Gasteiger partial charge < -0.3 is 10.2 Å². The van der Waals surface area contributed by atoms with Crippen molar-refractivity contribution in [3.63, 3.8) is 0 Å². The van der Waals surface area contributed by atoms with E-state index >= 15 is 0 Å². The van der Waals surface area contributed by atoms with E-state index in [1.54, 1.807) is 12.1 Å². The van der Waals surface area contributed by atoms with Crippen LogP contribution in [-0.2, 0) is 9.84 Å². The second-order valence-corrected chi connectivity index (χ2v) is 6.41. The molecule has 0 aliphatic carbocycles. The highest BCUT2D eigenvalue weighted by Gasteiger charge is 2.22. The van der Waals surface area contributed by atoms with Crippen molar-refractivity contribution in [2.24, 2.45) is 0 Å². The van der Waals surface area contributed by atoms with Gasteiger partial charge in [-0.2, -0.15) is 0 Å². The SMILES string of the molecule is Cc1ccc(S(=O)(=O)c2cc(O)c(O)cc2Cl)cc1. The van der Waals surface area contributed by atoms with Crippen molar-refractivity contribution in [2.75, 3.05) is 0 Å². The Balaban J connectivity index is 2.63. The first kappa shape index (κ1) is 13.7. The Kier molecular flexibility index (Phi) is 3.43. The molecule has 0 spiro atoms. The van der Waals surface area contributed by atoms with Gasteiger partial charge in [0.1, 0.15) is 0 Å². The van der Waals surface area contributed by atoms with E-state index in [2.05, 4.69) is 0 Å². The number of benzene rings is 2. The second-order valence-electron chi connectivity index (χ2n) is 4.09. The molecule has 0 unspecified atom stereocenters. The van der Waals surface area contributed by atoms with E-state index in [9.17, 15) is 18.6 Å². The number of hydrogen-bond donors (Lipinski definition) is 2. The third kappa shape index (κ3) is 2.52. The number of rotatable bonds is 2. The largest absolute Gasteiger partial charge is 0.504 e. The monoisotopic (exact) mass is 298 g/mol. The summed E-state index contributed by atoms with van der Waals surface area (Å²) in [4.78, 5) is -0.168. The predicted molar refractivity (Wildman–Crippen MR) is 71.4 cm³/mol. The zero-order valence-electron chi connectivity index (χ0n) is 9.96. The molecule has 0 heterocycles. The van der Waals surface area contributed by atoms with Crippen LogP contribution in [0.4, 0.5) is 0 Å². The summed E-state index contributed by atoms with van der Waals surface area (Å²) >= 11 is 5.82. The van der Waals surface area contributed by atoms with Gasteiger partial charge in [0.2, 0.25) is 9.84 Å². The third-order valence-electron chi connectivity index (χ3n) is 2.65. The number of phenolic OH excluding ortho intramolecular Hbond substituents is 2. The maximum Gasteiger partial charge on any atom is 0.208 e. The quantitative estimate of drug-likeness (QED) is 0.836. The molecule has 0 aliphatic rings. The van der Waals surface area contributed by atoms with E-state index in [1.807, 2.05) is 6.92 Å². The number of hydrogen-bond acceptors (Lipinski definition) is 4. The fourth-order valence-corrected chi connectivity index (χ4v) is 3.38. The van der Waals surface area contributed by atoms with Crippen molar-refractivity contribution >= 4 is 21.4 Å². The molecule has 2 aromatic carbocycles. The lowest BCUT2D eigenvalue weighted by molar-refractivity contribution is 0.402. The molecule has 0 aromatic heterocycles. The molecule has 0 amide bonds. The highest BCUT2D eigenvalue weighted by Crippen LogP contribution is 2.36. The first-order valence-corrected chi connectivity index (χ1v) is 7.21. The van der Waals surface area contributed by atoms with Crippen LogP contribution in [0.1, 0.15) is 5.56 Å². The van der Waals surface area contributed by atoms with Crippen molar-refractivity contribution in [3.8, 4) is 11.5 Å². The average molecular weight is 299 g/mol. The lowest BCUT2D eigenvalue weighted by Crippen LogP contribution is -2.02. The van der Waals surface area contributed by atoms with Crippen LogP contribution in [0, 0.1) is 6.92 Å². The van der Waals surface area contributed by atoms with Gasteiger partial charge in [-0.25, -0.2) is 8.42 Å². The molecule has 19 heavy (non-hydrogen) atoms. The molecule has 2 aromatic rings. The van der Waals surface area contributed by atoms with Crippen LogP contribution in [0.5, 0.6) is 11.5 Å². The third-order valence-corrected chi connectivity index (χ3v) is 4.88. The first-order valence-electron chi connectivity index (χ1n) is 5.35. The van der Waals surface area contributed by atoms with E-state index in [0.717, 1.165) is 17.7 Å². The standard InChI is InChI=1S/C13H11ClO4S/c1-8-2-4-9(5-3-8)19(17,18)13-7-12(16)11(15)6-10(13)14/h2-7,15-16H,1H3. The number of sulfone groups is 1. The summed E-state index contributed by atoms with van der Waals surface area (Å²) in [6.07, 6.45) is 0. The smallest absolute Gasteiger partial charge is 0.208 e.